The molecule has 0 bridgehead atoms. The van der Waals surface area contributed by atoms with Gasteiger partial charge in [0.15, 0.2) is 0 Å². The molecule has 0 aliphatic heterocycles. The highest BCUT2D eigenvalue weighted by molar-refractivity contribution is 5.93. The Hall–Kier alpha value is -8.52. The van der Waals surface area contributed by atoms with Crippen LogP contribution in [0.2, 0.25) is 0 Å². The van der Waals surface area contributed by atoms with Gasteiger partial charge in [-0.3, -0.25) is 0 Å². The molecule has 0 saturated heterocycles. The van der Waals surface area contributed by atoms with E-state index >= 15 is 0 Å². The lowest BCUT2D eigenvalue weighted by atomic mass is 10.0. The normalized spacial score (nSPS) is 11.6. The SMILES string of the molecule is Cc1ccc(C=Cc2ccc(-c3ccc(N(c4ccc(-c5ccc(C=Cc6ccc(C)cc6)cc5)cc4)c4ccc(-c5ccc(C=Cc6cccc7ccccc67)cc5)cc4)cc3)cc2)cc1. The predicted octanol–water partition coefficient (Wildman–Crippen LogP) is 18.4. The highest BCUT2D eigenvalue weighted by Crippen LogP contribution is 2.38. The van der Waals surface area contributed by atoms with Crippen LogP contribution in [0.4, 0.5) is 17.1 Å². The van der Waals surface area contributed by atoms with Gasteiger partial charge in [-0.25, -0.2) is 0 Å². The van der Waals surface area contributed by atoms with Crippen LogP contribution in [0.25, 0.3) is 80.6 Å². The summed E-state index contributed by atoms with van der Waals surface area (Å²) in [5.41, 5.74) is 20.0. The van der Waals surface area contributed by atoms with Gasteiger partial charge in [-0.1, -0.05) is 248 Å². The molecule has 0 amide bonds. The number of hydrogen-bond donors (Lipinski definition) is 0. The van der Waals surface area contributed by atoms with Crippen LogP contribution in [0.3, 0.4) is 0 Å². The van der Waals surface area contributed by atoms with E-state index in [1.807, 2.05) is 0 Å². The average molecular weight is 858 g/mol. The Bertz CT molecular complexity index is 3170. The summed E-state index contributed by atoms with van der Waals surface area (Å²) in [6.45, 7) is 4.23. The van der Waals surface area contributed by atoms with Gasteiger partial charge >= 0.3 is 0 Å². The van der Waals surface area contributed by atoms with E-state index in [2.05, 4.69) is 292 Å². The lowest BCUT2D eigenvalue weighted by Crippen LogP contribution is -2.09. The van der Waals surface area contributed by atoms with E-state index in [9.17, 15) is 0 Å². The van der Waals surface area contributed by atoms with Crippen molar-refractivity contribution in [3.63, 3.8) is 0 Å². The quantitative estimate of drug-likeness (QED) is 0.111. The van der Waals surface area contributed by atoms with Crippen molar-refractivity contribution in [1.29, 1.82) is 0 Å². The number of hydrogen-bond acceptors (Lipinski definition) is 1. The topological polar surface area (TPSA) is 3.24 Å². The number of rotatable bonds is 12. The molecule has 0 N–H and O–H groups in total. The van der Waals surface area contributed by atoms with Crippen LogP contribution in [-0.4, -0.2) is 0 Å². The summed E-state index contributed by atoms with van der Waals surface area (Å²) in [5, 5.41) is 2.52. The molecule has 0 unspecified atom stereocenters. The van der Waals surface area contributed by atoms with Crippen molar-refractivity contribution >= 4 is 64.3 Å². The first-order valence-corrected chi connectivity index (χ1v) is 23.0. The Kier molecular flexibility index (Phi) is 12.5. The lowest BCUT2D eigenvalue weighted by molar-refractivity contribution is 1.28. The molecule has 0 spiro atoms. The molecule has 1 heteroatoms. The second kappa shape index (κ2) is 19.7. The fourth-order valence-corrected chi connectivity index (χ4v) is 8.54. The first-order valence-electron chi connectivity index (χ1n) is 23.0. The number of fused-ring (bicyclic) bond motifs is 1. The van der Waals surface area contributed by atoms with E-state index in [0.717, 1.165) is 17.1 Å². The van der Waals surface area contributed by atoms with Gasteiger partial charge in [0.1, 0.15) is 0 Å². The number of nitrogens with zero attached hydrogens (tertiary/aromatic N) is 1. The molecule has 0 fully saturated rings. The fraction of sp³-hybridized carbons (Fsp3) is 0.0303. The molecule has 0 aliphatic carbocycles. The van der Waals surface area contributed by atoms with Gasteiger partial charge in [-0.15, -0.1) is 0 Å². The molecule has 67 heavy (non-hydrogen) atoms. The number of benzene rings is 10. The zero-order valence-corrected chi connectivity index (χ0v) is 37.9. The van der Waals surface area contributed by atoms with Crippen LogP contribution in [-0.2, 0) is 0 Å². The second-order valence-electron chi connectivity index (χ2n) is 17.2. The standard InChI is InChI=1S/C66H51N/c1-48-10-14-50(15-11-48)18-20-52-22-29-55(30-23-52)58-36-42-63(43-37-58)67(64-44-38-59(39-45-64)56-31-24-53(25-32-56)21-19-51-16-12-49(2)13-17-51)65-46-40-60(41-47-65)57-33-26-54(27-34-57)28-35-62-8-5-7-61-6-3-4-9-66(61)62/h3-47H,1-2H3. The minimum Gasteiger partial charge on any atom is -0.311 e. The highest BCUT2D eigenvalue weighted by atomic mass is 15.1. The Morgan fingerprint density at radius 1 is 0.254 bits per heavy atom. The Morgan fingerprint density at radius 3 is 0.896 bits per heavy atom. The van der Waals surface area contributed by atoms with Gasteiger partial charge in [-0.2, -0.15) is 0 Å². The van der Waals surface area contributed by atoms with Crippen molar-refractivity contribution in [2.45, 2.75) is 13.8 Å². The molecule has 0 radical (unpaired) electrons. The van der Waals surface area contributed by atoms with E-state index < -0.39 is 0 Å². The summed E-state index contributed by atoms with van der Waals surface area (Å²) < 4.78 is 0. The first kappa shape index (κ1) is 42.4. The monoisotopic (exact) mass is 857 g/mol. The number of aryl methyl sites for hydroxylation is 2. The molecule has 10 aromatic carbocycles. The summed E-state index contributed by atoms with van der Waals surface area (Å²) in [5.74, 6) is 0. The van der Waals surface area contributed by atoms with Gasteiger partial charge in [0.25, 0.3) is 0 Å². The van der Waals surface area contributed by atoms with Crippen molar-refractivity contribution in [3.05, 3.63) is 281 Å². The summed E-state index contributed by atoms with van der Waals surface area (Å²) >= 11 is 0. The van der Waals surface area contributed by atoms with E-state index in [0.29, 0.717) is 0 Å². The lowest BCUT2D eigenvalue weighted by Gasteiger charge is -2.26. The van der Waals surface area contributed by atoms with Crippen molar-refractivity contribution < 1.29 is 0 Å². The van der Waals surface area contributed by atoms with Crippen LogP contribution in [0, 0.1) is 13.8 Å². The van der Waals surface area contributed by atoms with Gasteiger partial charge < -0.3 is 4.90 Å². The minimum atomic E-state index is 1.09. The van der Waals surface area contributed by atoms with Crippen molar-refractivity contribution in [2.75, 3.05) is 4.90 Å². The molecule has 10 rings (SSSR count). The maximum Gasteiger partial charge on any atom is 0.0462 e. The molecule has 0 aliphatic rings. The third kappa shape index (κ3) is 10.2. The minimum absolute atomic E-state index is 1.09. The Morgan fingerprint density at radius 2 is 0.537 bits per heavy atom. The van der Waals surface area contributed by atoms with E-state index in [1.165, 1.54) is 88.7 Å². The molecule has 0 atom stereocenters. The van der Waals surface area contributed by atoms with E-state index in [-0.39, 0.29) is 0 Å². The van der Waals surface area contributed by atoms with Crippen LogP contribution >= 0.6 is 0 Å². The second-order valence-corrected chi connectivity index (χ2v) is 17.2. The fourth-order valence-electron chi connectivity index (χ4n) is 8.54. The van der Waals surface area contributed by atoms with Crippen LogP contribution in [0.15, 0.2) is 237 Å². The Balaban J connectivity index is 0.897. The Labute approximate surface area is 395 Å². The largest absolute Gasteiger partial charge is 0.311 e. The van der Waals surface area contributed by atoms with Gasteiger partial charge in [0, 0.05) is 17.1 Å². The molecule has 0 saturated carbocycles. The molecule has 320 valence electrons. The summed E-state index contributed by atoms with van der Waals surface area (Å²) in [6, 6.07) is 85.4. The molecular formula is C66H51N. The molecular weight excluding hydrogens is 807 g/mol. The summed E-state index contributed by atoms with van der Waals surface area (Å²) in [6.07, 6.45) is 13.1. The molecule has 1 nitrogen and oxygen atoms in total. The van der Waals surface area contributed by atoms with Crippen LogP contribution in [0.1, 0.15) is 44.5 Å². The first-order chi connectivity index (χ1) is 33.0. The predicted molar refractivity (Wildman–Crippen MR) is 291 cm³/mol. The van der Waals surface area contributed by atoms with Crippen molar-refractivity contribution in [2.24, 2.45) is 0 Å². The van der Waals surface area contributed by atoms with Gasteiger partial charge in [0.05, 0.1) is 0 Å². The maximum atomic E-state index is 2.34. The van der Waals surface area contributed by atoms with Crippen LogP contribution in [0.5, 0.6) is 0 Å². The van der Waals surface area contributed by atoms with Gasteiger partial charge in [0.2, 0.25) is 0 Å². The van der Waals surface area contributed by atoms with E-state index in [4.69, 9.17) is 0 Å². The van der Waals surface area contributed by atoms with Crippen molar-refractivity contribution in [1.82, 2.24) is 0 Å². The number of anilines is 3. The average Bonchev–Trinajstić information content (AvgIpc) is 3.39. The molecule has 0 aromatic heterocycles. The van der Waals surface area contributed by atoms with Gasteiger partial charge in [-0.05, 0) is 128 Å². The molecule has 10 aromatic rings. The van der Waals surface area contributed by atoms with Crippen molar-refractivity contribution in [3.8, 4) is 33.4 Å². The third-order valence-corrected chi connectivity index (χ3v) is 12.5. The summed E-state index contributed by atoms with van der Waals surface area (Å²) in [4.78, 5) is 2.34. The molecule has 0 heterocycles. The summed E-state index contributed by atoms with van der Waals surface area (Å²) in [7, 11) is 0. The smallest absolute Gasteiger partial charge is 0.0462 e. The zero-order valence-electron chi connectivity index (χ0n) is 37.9. The highest BCUT2D eigenvalue weighted by Gasteiger charge is 2.14. The van der Waals surface area contributed by atoms with E-state index in [1.54, 1.807) is 0 Å². The maximum absolute atomic E-state index is 2.34. The van der Waals surface area contributed by atoms with Crippen LogP contribution < -0.4 is 4.90 Å². The zero-order chi connectivity index (χ0) is 45.4. The third-order valence-electron chi connectivity index (χ3n) is 12.5.